The first-order valence-electron chi connectivity index (χ1n) is 8.99. The van der Waals surface area contributed by atoms with Crippen LogP contribution in [-0.2, 0) is 5.72 Å². The number of thioether (sulfide) groups is 1. The highest BCUT2D eigenvalue weighted by molar-refractivity contribution is 8.13. The van der Waals surface area contributed by atoms with Gasteiger partial charge in [0.2, 0.25) is 0 Å². The smallest absolute Gasteiger partial charge is 0.316 e. The fraction of sp³-hybridized carbons (Fsp3) is 0.350. The van der Waals surface area contributed by atoms with Gasteiger partial charge in [-0.15, -0.1) is 0 Å². The van der Waals surface area contributed by atoms with Crippen molar-refractivity contribution >= 4 is 28.3 Å². The van der Waals surface area contributed by atoms with E-state index in [-0.39, 0.29) is 5.69 Å². The summed E-state index contributed by atoms with van der Waals surface area (Å²) in [6, 6.07) is 12.7. The molecule has 0 amide bonds. The Morgan fingerprint density at radius 1 is 1.26 bits per heavy atom. The molecule has 1 N–H and O–H groups in total. The summed E-state index contributed by atoms with van der Waals surface area (Å²) >= 11 is 1.73. The minimum absolute atomic E-state index is 0.00248. The van der Waals surface area contributed by atoms with Crippen molar-refractivity contribution in [3.63, 3.8) is 0 Å². The molecule has 2 heterocycles. The molecule has 2 aromatic carbocycles. The Kier molecular flexibility index (Phi) is 4.44. The first kappa shape index (κ1) is 18.0. The van der Waals surface area contributed by atoms with Gasteiger partial charge in [-0.3, -0.25) is 10.1 Å². The van der Waals surface area contributed by atoms with Gasteiger partial charge in [0, 0.05) is 23.4 Å². The van der Waals surface area contributed by atoms with Crippen molar-refractivity contribution in [1.82, 2.24) is 0 Å². The van der Waals surface area contributed by atoms with Crippen molar-refractivity contribution < 1.29 is 14.6 Å². The van der Waals surface area contributed by atoms with Crippen LogP contribution in [0.3, 0.4) is 0 Å². The zero-order chi connectivity index (χ0) is 19.2. The Morgan fingerprint density at radius 2 is 2.07 bits per heavy atom. The van der Waals surface area contributed by atoms with Crippen molar-refractivity contribution in [2.24, 2.45) is 0 Å². The van der Waals surface area contributed by atoms with E-state index in [9.17, 15) is 15.2 Å². The molecule has 140 valence electrons. The number of nitro groups is 1. The second-order valence-corrected chi connectivity index (χ2v) is 8.20. The fourth-order valence-corrected chi connectivity index (χ4v) is 4.99. The monoisotopic (exact) mass is 384 g/mol. The molecule has 0 aliphatic carbocycles. The molecule has 0 unspecified atom stereocenters. The van der Waals surface area contributed by atoms with Gasteiger partial charge in [-0.2, -0.15) is 0 Å². The average molecular weight is 384 g/mol. The Hall–Kier alpha value is -2.38. The normalized spacial score (nSPS) is 22.1. The molecule has 2 aliphatic heterocycles. The number of benzene rings is 2. The molecule has 1 atom stereocenters. The molecule has 0 saturated carbocycles. The minimum Gasteiger partial charge on any atom is -0.346 e. The zero-order valence-electron chi connectivity index (χ0n) is 15.4. The minimum atomic E-state index is -1.29. The SMILES string of the molecule is Cc1ccc(C)c(N2C[C@](O)(c3cccc([N+](=O)[O-])c3)[N+]3=C2SCCC3)c1. The number of hydrogen-bond donors (Lipinski definition) is 1. The molecule has 7 heteroatoms. The van der Waals surface area contributed by atoms with Crippen LogP contribution in [-0.4, -0.2) is 38.6 Å². The number of aliphatic hydroxyl groups is 1. The van der Waals surface area contributed by atoms with Crippen LogP contribution in [0.4, 0.5) is 11.4 Å². The van der Waals surface area contributed by atoms with Gasteiger partial charge in [-0.25, -0.2) is 9.48 Å². The van der Waals surface area contributed by atoms with Crippen LogP contribution in [0.2, 0.25) is 0 Å². The maximum atomic E-state index is 11.7. The number of rotatable bonds is 3. The highest BCUT2D eigenvalue weighted by Gasteiger charge is 2.53. The van der Waals surface area contributed by atoms with Gasteiger partial charge >= 0.3 is 5.17 Å². The molecule has 27 heavy (non-hydrogen) atoms. The van der Waals surface area contributed by atoms with Gasteiger partial charge in [0.15, 0.2) is 6.54 Å². The quantitative estimate of drug-likeness (QED) is 0.499. The summed E-state index contributed by atoms with van der Waals surface area (Å²) in [5.41, 5.74) is 2.65. The summed E-state index contributed by atoms with van der Waals surface area (Å²) in [6.45, 7) is 5.20. The average Bonchev–Trinajstić information content (AvgIpc) is 2.98. The van der Waals surface area contributed by atoms with Crippen LogP contribution < -0.4 is 4.90 Å². The number of amidine groups is 1. The molecule has 0 fully saturated rings. The molecule has 0 radical (unpaired) electrons. The van der Waals surface area contributed by atoms with E-state index in [1.54, 1.807) is 23.9 Å². The van der Waals surface area contributed by atoms with Gasteiger partial charge in [-0.1, -0.05) is 24.3 Å². The lowest BCUT2D eigenvalue weighted by molar-refractivity contribution is -0.656. The molecule has 2 aromatic rings. The van der Waals surface area contributed by atoms with E-state index >= 15 is 0 Å². The first-order valence-corrected chi connectivity index (χ1v) is 9.98. The summed E-state index contributed by atoms with van der Waals surface area (Å²) < 4.78 is 2.00. The Labute approximate surface area is 162 Å². The lowest BCUT2D eigenvalue weighted by atomic mass is 10.0. The molecule has 0 saturated heterocycles. The van der Waals surface area contributed by atoms with E-state index in [0.29, 0.717) is 12.1 Å². The molecule has 2 aliphatic rings. The maximum Gasteiger partial charge on any atom is 0.316 e. The maximum absolute atomic E-state index is 11.7. The van der Waals surface area contributed by atoms with Gasteiger partial charge in [-0.05, 0) is 49.2 Å². The number of nitrogens with zero attached hydrogens (tertiary/aromatic N) is 3. The fourth-order valence-electron chi connectivity index (χ4n) is 3.81. The Bertz CT molecular complexity index is 959. The summed E-state index contributed by atoms with van der Waals surface area (Å²) in [5.74, 6) is 0.998. The van der Waals surface area contributed by atoms with Gasteiger partial charge in [0.1, 0.15) is 5.69 Å². The van der Waals surface area contributed by atoms with E-state index < -0.39 is 10.6 Å². The molecule has 0 aromatic heterocycles. The summed E-state index contributed by atoms with van der Waals surface area (Å²) in [5, 5.41) is 23.9. The third kappa shape index (κ3) is 3.00. The largest absolute Gasteiger partial charge is 0.346 e. The first-order chi connectivity index (χ1) is 12.9. The molecular formula is C20H22N3O3S+. The lowest BCUT2D eigenvalue weighted by Crippen LogP contribution is -2.41. The van der Waals surface area contributed by atoms with Crippen molar-refractivity contribution in [3.05, 3.63) is 69.3 Å². The second kappa shape index (κ2) is 6.65. The van der Waals surface area contributed by atoms with E-state index in [4.69, 9.17) is 0 Å². The van der Waals surface area contributed by atoms with E-state index in [2.05, 4.69) is 36.9 Å². The third-order valence-electron chi connectivity index (χ3n) is 5.22. The highest BCUT2D eigenvalue weighted by atomic mass is 32.2. The van der Waals surface area contributed by atoms with Crippen LogP contribution in [0.5, 0.6) is 0 Å². The predicted molar refractivity (Wildman–Crippen MR) is 107 cm³/mol. The molecule has 6 nitrogen and oxygen atoms in total. The summed E-state index contributed by atoms with van der Waals surface area (Å²) in [6.07, 6.45) is 0.964. The van der Waals surface area contributed by atoms with Crippen LogP contribution in [0.15, 0.2) is 42.5 Å². The van der Waals surface area contributed by atoms with Crippen molar-refractivity contribution in [1.29, 1.82) is 0 Å². The highest BCUT2D eigenvalue weighted by Crippen LogP contribution is 2.39. The molecule has 0 spiro atoms. The van der Waals surface area contributed by atoms with E-state index in [1.807, 2.05) is 4.58 Å². The van der Waals surface area contributed by atoms with Crippen molar-refractivity contribution in [3.8, 4) is 0 Å². The third-order valence-corrected chi connectivity index (χ3v) is 6.41. The van der Waals surface area contributed by atoms with Crippen LogP contribution in [0, 0.1) is 24.0 Å². The Morgan fingerprint density at radius 3 is 2.85 bits per heavy atom. The number of nitro benzene ring substituents is 1. The lowest BCUT2D eigenvalue weighted by Gasteiger charge is -2.24. The van der Waals surface area contributed by atoms with Crippen LogP contribution >= 0.6 is 11.8 Å². The zero-order valence-corrected chi connectivity index (χ0v) is 16.2. The van der Waals surface area contributed by atoms with E-state index in [1.165, 1.54) is 12.1 Å². The predicted octanol–water partition coefficient (Wildman–Crippen LogP) is 3.38. The Balaban J connectivity index is 1.84. The van der Waals surface area contributed by atoms with Gasteiger partial charge in [0.25, 0.3) is 11.4 Å². The number of β-amino-alcohol motifs (C(OH)–C–C–N with tert-alkyl or cyclic N) is 1. The number of non-ortho nitro benzene ring substituents is 1. The van der Waals surface area contributed by atoms with Crippen LogP contribution in [0.25, 0.3) is 0 Å². The van der Waals surface area contributed by atoms with Crippen LogP contribution in [0.1, 0.15) is 23.1 Å². The van der Waals surface area contributed by atoms with Crippen molar-refractivity contribution in [2.45, 2.75) is 26.0 Å². The summed E-state index contributed by atoms with van der Waals surface area (Å²) in [4.78, 5) is 13.0. The number of hydrogen-bond acceptors (Lipinski definition) is 5. The standard InChI is InChI=1S/C20H22N3O3S/c1-14-7-8-15(2)18(11-14)21-13-20(24,22-9-4-10-27-19(21)22)16-5-3-6-17(12-16)23(25)26/h3,5-8,11-12,24H,4,9-10,13H2,1-2H3/q+1/t20-/m0/s1. The van der Waals surface area contributed by atoms with Crippen molar-refractivity contribution in [2.75, 3.05) is 23.7 Å². The van der Waals surface area contributed by atoms with Gasteiger partial charge < -0.3 is 5.11 Å². The molecular weight excluding hydrogens is 362 g/mol. The van der Waals surface area contributed by atoms with E-state index in [0.717, 1.165) is 40.7 Å². The molecule has 4 rings (SSSR count). The number of aryl methyl sites for hydroxylation is 2. The summed E-state index contributed by atoms with van der Waals surface area (Å²) in [7, 11) is 0. The number of anilines is 1. The second-order valence-electron chi connectivity index (χ2n) is 7.14. The topological polar surface area (TPSA) is 69.6 Å². The molecule has 0 bridgehead atoms. The van der Waals surface area contributed by atoms with Gasteiger partial charge in [0.05, 0.1) is 11.5 Å².